The van der Waals surface area contributed by atoms with Gasteiger partial charge in [0.2, 0.25) is 5.91 Å². The lowest BCUT2D eigenvalue weighted by Crippen LogP contribution is -2.46. The third-order valence-electron chi connectivity index (χ3n) is 5.08. The number of likely N-dealkylation sites (N-methyl/N-ethyl adjacent to an activating group) is 1. The van der Waals surface area contributed by atoms with Crippen LogP contribution in [0.2, 0.25) is 0 Å². The van der Waals surface area contributed by atoms with Gasteiger partial charge in [0, 0.05) is 25.7 Å². The van der Waals surface area contributed by atoms with E-state index in [1.165, 1.54) is 19.3 Å². The standard InChI is InChI=1S/C19H30N2O2/c1-15-8-6-7-11-18(15)21(2)19(23)14-20-17(12-13-22)16-9-4-3-5-10-16/h3-5,9-10,15,17-18,20,22H,6-8,11-14H2,1-2H3. The minimum Gasteiger partial charge on any atom is -0.396 e. The minimum absolute atomic E-state index is 0.0160. The van der Waals surface area contributed by atoms with E-state index in [9.17, 15) is 9.90 Å². The van der Waals surface area contributed by atoms with E-state index in [1.54, 1.807) is 0 Å². The molecule has 0 radical (unpaired) electrons. The average Bonchev–Trinajstić information content (AvgIpc) is 2.59. The van der Waals surface area contributed by atoms with Crippen molar-refractivity contribution < 1.29 is 9.90 Å². The van der Waals surface area contributed by atoms with Crippen molar-refractivity contribution in [1.82, 2.24) is 10.2 Å². The predicted octanol–water partition coefficient (Wildman–Crippen LogP) is 2.74. The highest BCUT2D eigenvalue weighted by molar-refractivity contribution is 5.78. The maximum absolute atomic E-state index is 12.5. The molecule has 1 aliphatic rings. The summed E-state index contributed by atoms with van der Waals surface area (Å²) in [4.78, 5) is 14.5. The highest BCUT2D eigenvalue weighted by Crippen LogP contribution is 2.27. The second-order valence-corrected chi connectivity index (χ2v) is 6.69. The number of hydrogen-bond donors (Lipinski definition) is 2. The molecule has 0 aliphatic heterocycles. The Kier molecular flexibility index (Phi) is 7.06. The normalized spacial score (nSPS) is 22.6. The van der Waals surface area contributed by atoms with E-state index < -0.39 is 0 Å². The van der Waals surface area contributed by atoms with Gasteiger partial charge in [-0.15, -0.1) is 0 Å². The van der Waals surface area contributed by atoms with Crippen molar-refractivity contribution in [2.24, 2.45) is 5.92 Å². The summed E-state index contributed by atoms with van der Waals surface area (Å²) >= 11 is 0. The quantitative estimate of drug-likeness (QED) is 0.813. The second-order valence-electron chi connectivity index (χ2n) is 6.69. The zero-order chi connectivity index (χ0) is 16.7. The molecule has 1 aromatic carbocycles. The molecule has 4 nitrogen and oxygen atoms in total. The van der Waals surface area contributed by atoms with E-state index in [0.29, 0.717) is 24.9 Å². The Labute approximate surface area is 139 Å². The number of nitrogens with one attached hydrogen (secondary N) is 1. The maximum atomic E-state index is 12.5. The van der Waals surface area contributed by atoms with E-state index >= 15 is 0 Å². The van der Waals surface area contributed by atoms with Gasteiger partial charge in [-0.2, -0.15) is 0 Å². The Morgan fingerprint density at radius 3 is 2.65 bits per heavy atom. The molecule has 0 bridgehead atoms. The van der Waals surface area contributed by atoms with E-state index in [-0.39, 0.29) is 18.6 Å². The van der Waals surface area contributed by atoms with E-state index in [2.05, 4.69) is 12.2 Å². The molecule has 0 heterocycles. The summed E-state index contributed by atoms with van der Waals surface area (Å²) in [5, 5.41) is 12.6. The molecule has 1 amide bonds. The third-order valence-corrected chi connectivity index (χ3v) is 5.08. The average molecular weight is 318 g/mol. The summed E-state index contributed by atoms with van der Waals surface area (Å²) in [6, 6.07) is 10.4. The zero-order valence-electron chi connectivity index (χ0n) is 14.4. The van der Waals surface area contributed by atoms with Gasteiger partial charge in [0.15, 0.2) is 0 Å². The van der Waals surface area contributed by atoms with Crippen molar-refractivity contribution in [1.29, 1.82) is 0 Å². The van der Waals surface area contributed by atoms with Crippen LogP contribution in [0.1, 0.15) is 50.6 Å². The number of carbonyl (C=O) groups is 1. The first kappa shape index (κ1) is 18.0. The highest BCUT2D eigenvalue weighted by Gasteiger charge is 2.27. The maximum Gasteiger partial charge on any atom is 0.236 e. The van der Waals surface area contributed by atoms with E-state index in [0.717, 1.165) is 12.0 Å². The SMILES string of the molecule is CC1CCCCC1N(C)C(=O)CNC(CCO)c1ccccc1. The first-order chi connectivity index (χ1) is 11.1. The second kappa shape index (κ2) is 9.04. The smallest absolute Gasteiger partial charge is 0.236 e. The van der Waals surface area contributed by atoms with Crippen molar-refractivity contribution in [3.8, 4) is 0 Å². The Bertz CT molecular complexity index is 478. The van der Waals surface area contributed by atoms with Crippen molar-refractivity contribution in [3.63, 3.8) is 0 Å². The third kappa shape index (κ3) is 5.05. The van der Waals surface area contributed by atoms with Gasteiger partial charge in [0.1, 0.15) is 0 Å². The Balaban J connectivity index is 1.90. The minimum atomic E-state index is 0.0160. The molecule has 1 aromatic rings. The van der Waals surface area contributed by atoms with Crippen LogP contribution < -0.4 is 5.32 Å². The first-order valence-electron chi connectivity index (χ1n) is 8.78. The van der Waals surface area contributed by atoms with Crippen LogP contribution in [0.25, 0.3) is 0 Å². The van der Waals surface area contributed by atoms with Gasteiger partial charge < -0.3 is 15.3 Å². The molecule has 23 heavy (non-hydrogen) atoms. The van der Waals surface area contributed by atoms with E-state index in [4.69, 9.17) is 0 Å². The summed E-state index contributed by atoms with van der Waals surface area (Å²) in [6.07, 6.45) is 5.44. The lowest BCUT2D eigenvalue weighted by molar-refractivity contribution is -0.132. The summed E-state index contributed by atoms with van der Waals surface area (Å²) in [7, 11) is 1.93. The Morgan fingerprint density at radius 1 is 1.30 bits per heavy atom. The van der Waals surface area contributed by atoms with Gasteiger partial charge in [-0.25, -0.2) is 0 Å². The van der Waals surface area contributed by atoms with E-state index in [1.807, 2.05) is 42.3 Å². The summed E-state index contributed by atoms with van der Waals surface area (Å²) < 4.78 is 0. The lowest BCUT2D eigenvalue weighted by atomic mass is 9.85. The molecule has 3 unspecified atom stereocenters. The van der Waals surface area contributed by atoms with Crippen LogP contribution in [0.4, 0.5) is 0 Å². The molecule has 1 aliphatic carbocycles. The zero-order valence-corrected chi connectivity index (χ0v) is 14.4. The van der Waals surface area contributed by atoms with Crippen LogP contribution in [-0.2, 0) is 4.79 Å². The van der Waals surface area contributed by atoms with Crippen molar-refractivity contribution in [3.05, 3.63) is 35.9 Å². The molecule has 128 valence electrons. The molecule has 4 heteroatoms. The summed E-state index contributed by atoms with van der Waals surface area (Å²) in [5.41, 5.74) is 1.11. The van der Waals surface area contributed by atoms with Crippen molar-refractivity contribution in [2.75, 3.05) is 20.2 Å². The number of hydrogen-bond acceptors (Lipinski definition) is 3. The molecule has 1 saturated carbocycles. The Hall–Kier alpha value is -1.39. The number of benzene rings is 1. The fourth-order valence-electron chi connectivity index (χ4n) is 3.59. The molecule has 1 fully saturated rings. The highest BCUT2D eigenvalue weighted by atomic mass is 16.3. The fraction of sp³-hybridized carbons (Fsp3) is 0.632. The van der Waals surface area contributed by atoms with Gasteiger partial charge in [-0.1, -0.05) is 50.1 Å². The molecular formula is C19H30N2O2. The monoisotopic (exact) mass is 318 g/mol. The first-order valence-corrected chi connectivity index (χ1v) is 8.78. The van der Waals surface area contributed by atoms with Crippen LogP contribution in [0.5, 0.6) is 0 Å². The predicted molar refractivity (Wildman–Crippen MR) is 93.1 cm³/mol. The van der Waals surface area contributed by atoms with Crippen molar-refractivity contribution >= 4 is 5.91 Å². The number of aliphatic hydroxyl groups excluding tert-OH is 1. The van der Waals surface area contributed by atoms with Crippen LogP contribution >= 0.6 is 0 Å². The van der Waals surface area contributed by atoms with Crippen LogP contribution in [0, 0.1) is 5.92 Å². The molecule has 0 saturated heterocycles. The van der Waals surface area contributed by atoms with Crippen LogP contribution in [0.3, 0.4) is 0 Å². The van der Waals surface area contributed by atoms with Gasteiger partial charge in [-0.3, -0.25) is 4.79 Å². The van der Waals surface area contributed by atoms with Gasteiger partial charge in [0.05, 0.1) is 6.54 Å². The van der Waals surface area contributed by atoms with Gasteiger partial charge in [-0.05, 0) is 30.7 Å². The molecular weight excluding hydrogens is 288 g/mol. The van der Waals surface area contributed by atoms with Crippen LogP contribution in [0.15, 0.2) is 30.3 Å². The lowest BCUT2D eigenvalue weighted by Gasteiger charge is -2.36. The number of amides is 1. The number of nitrogens with zero attached hydrogens (tertiary/aromatic N) is 1. The fourth-order valence-corrected chi connectivity index (χ4v) is 3.59. The largest absolute Gasteiger partial charge is 0.396 e. The van der Waals surface area contributed by atoms with Gasteiger partial charge >= 0.3 is 0 Å². The number of aliphatic hydroxyl groups is 1. The number of rotatable bonds is 7. The van der Waals surface area contributed by atoms with Crippen LogP contribution in [-0.4, -0.2) is 42.2 Å². The molecule has 0 spiro atoms. The Morgan fingerprint density at radius 2 is 2.00 bits per heavy atom. The summed E-state index contributed by atoms with van der Waals surface area (Å²) in [6.45, 7) is 2.68. The van der Waals surface area contributed by atoms with Gasteiger partial charge in [0.25, 0.3) is 0 Å². The molecule has 2 N–H and O–H groups in total. The van der Waals surface area contributed by atoms with Crippen molar-refractivity contribution in [2.45, 2.75) is 51.1 Å². The summed E-state index contributed by atoms with van der Waals surface area (Å²) in [5.74, 6) is 0.725. The molecule has 2 rings (SSSR count). The number of carbonyl (C=O) groups excluding carboxylic acids is 1. The molecule has 0 aromatic heterocycles. The molecule has 3 atom stereocenters. The topological polar surface area (TPSA) is 52.6 Å².